The van der Waals surface area contributed by atoms with Crippen LogP contribution in [0.25, 0.3) is 0 Å². The summed E-state index contributed by atoms with van der Waals surface area (Å²) in [5.41, 5.74) is 2.17. The molecule has 0 heterocycles. The van der Waals surface area contributed by atoms with Crippen LogP contribution in [0.2, 0.25) is 0 Å². The number of hydrogen-bond acceptors (Lipinski definition) is 4. The quantitative estimate of drug-likeness (QED) is 0.699. The normalized spacial score (nSPS) is 10.4. The molecule has 2 rings (SSSR count). The predicted octanol–water partition coefficient (Wildman–Crippen LogP) is 3.24. The van der Waals surface area contributed by atoms with Crippen LogP contribution in [0.5, 0.6) is 11.5 Å². The molecule has 2 aromatic carbocycles. The van der Waals surface area contributed by atoms with Gasteiger partial charge in [0.15, 0.2) is 13.6 Å². The predicted molar refractivity (Wildman–Crippen MR) is 80.7 cm³/mol. The molecule has 4 nitrogen and oxygen atoms in total. The number of ether oxygens (including phenoxy) is 4. The fourth-order valence-corrected chi connectivity index (χ4v) is 2.04. The highest BCUT2D eigenvalue weighted by Gasteiger charge is 2.12. The van der Waals surface area contributed by atoms with Gasteiger partial charge in [0.1, 0.15) is 11.5 Å². The SMILES string of the molecule is COCOc1cccc(OCOC)c1Cc1ccccc1. The molecule has 0 aliphatic rings. The highest BCUT2D eigenvalue weighted by Crippen LogP contribution is 2.31. The summed E-state index contributed by atoms with van der Waals surface area (Å²) < 4.78 is 21.2. The molecule has 0 unspecified atom stereocenters. The van der Waals surface area contributed by atoms with Crippen LogP contribution in [0, 0.1) is 0 Å². The van der Waals surface area contributed by atoms with Crippen molar-refractivity contribution in [3.05, 3.63) is 59.7 Å². The molecule has 4 heteroatoms. The van der Waals surface area contributed by atoms with Gasteiger partial charge in [-0.2, -0.15) is 0 Å². The molecule has 0 aliphatic heterocycles. The van der Waals surface area contributed by atoms with E-state index in [0.29, 0.717) is 0 Å². The molecule has 0 bridgehead atoms. The van der Waals surface area contributed by atoms with Gasteiger partial charge in [-0.05, 0) is 17.7 Å². The first-order valence-corrected chi connectivity index (χ1v) is 6.74. The average molecular weight is 288 g/mol. The maximum atomic E-state index is 5.64. The fourth-order valence-electron chi connectivity index (χ4n) is 2.04. The monoisotopic (exact) mass is 288 g/mol. The second-order valence-electron chi connectivity index (χ2n) is 4.50. The van der Waals surface area contributed by atoms with E-state index in [1.54, 1.807) is 14.2 Å². The lowest BCUT2D eigenvalue weighted by molar-refractivity contribution is 0.0448. The molecule has 0 spiro atoms. The molecule has 21 heavy (non-hydrogen) atoms. The van der Waals surface area contributed by atoms with Gasteiger partial charge in [-0.1, -0.05) is 36.4 Å². The Kier molecular flexibility index (Phi) is 6.06. The lowest BCUT2D eigenvalue weighted by Gasteiger charge is -2.15. The second-order valence-corrected chi connectivity index (χ2v) is 4.50. The van der Waals surface area contributed by atoms with Crippen molar-refractivity contribution in [3.8, 4) is 11.5 Å². The van der Waals surface area contributed by atoms with E-state index >= 15 is 0 Å². The summed E-state index contributed by atoms with van der Waals surface area (Å²) in [5.74, 6) is 1.52. The van der Waals surface area contributed by atoms with Crippen LogP contribution in [0.3, 0.4) is 0 Å². The van der Waals surface area contributed by atoms with E-state index in [1.165, 1.54) is 5.56 Å². The van der Waals surface area contributed by atoms with Gasteiger partial charge in [-0.3, -0.25) is 0 Å². The van der Waals surface area contributed by atoms with Gasteiger partial charge in [0, 0.05) is 26.2 Å². The van der Waals surface area contributed by atoms with Crippen molar-refractivity contribution >= 4 is 0 Å². The Morgan fingerprint density at radius 3 is 1.81 bits per heavy atom. The summed E-state index contributed by atoms with van der Waals surface area (Å²) in [5, 5.41) is 0. The van der Waals surface area contributed by atoms with E-state index in [-0.39, 0.29) is 13.6 Å². The first kappa shape index (κ1) is 15.4. The molecular weight excluding hydrogens is 268 g/mol. The van der Waals surface area contributed by atoms with Gasteiger partial charge in [0.2, 0.25) is 0 Å². The Morgan fingerprint density at radius 1 is 0.714 bits per heavy atom. The van der Waals surface area contributed by atoms with Crippen LogP contribution >= 0.6 is 0 Å². The zero-order valence-electron chi connectivity index (χ0n) is 12.4. The molecular formula is C17H20O4. The molecule has 0 saturated heterocycles. The lowest BCUT2D eigenvalue weighted by Crippen LogP contribution is -2.06. The molecule has 0 amide bonds. The number of hydrogen-bond donors (Lipinski definition) is 0. The van der Waals surface area contributed by atoms with E-state index in [0.717, 1.165) is 23.5 Å². The van der Waals surface area contributed by atoms with E-state index in [9.17, 15) is 0 Å². The Labute approximate surface area is 125 Å². The topological polar surface area (TPSA) is 36.9 Å². The maximum absolute atomic E-state index is 5.64. The van der Waals surface area contributed by atoms with Crippen molar-refractivity contribution in [1.82, 2.24) is 0 Å². The van der Waals surface area contributed by atoms with Crippen LogP contribution in [-0.4, -0.2) is 27.8 Å². The lowest BCUT2D eigenvalue weighted by atomic mass is 10.0. The molecule has 0 fully saturated rings. The van der Waals surface area contributed by atoms with Crippen molar-refractivity contribution in [2.24, 2.45) is 0 Å². The van der Waals surface area contributed by atoms with Crippen molar-refractivity contribution in [2.45, 2.75) is 6.42 Å². The van der Waals surface area contributed by atoms with E-state index in [4.69, 9.17) is 18.9 Å². The Morgan fingerprint density at radius 2 is 1.29 bits per heavy atom. The minimum absolute atomic E-state index is 0.204. The molecule has 0 aromatic heterocycles. The average Bonchev–Trinajstić information content (AvgIpc) is 2.53. The second kappa shape index (κ2) is 8.29. The summed E-state index contributed by atoms with van der Waals surface area (Å²) in [7, 11) is 3.20. The molecule has 2 aromatic rings. The van der Waals surface area contributed by atoms with Crippen molar-refractivity contribution in [2.75, 3.05) is 27.8 Å². The van der Waals surface area contributed by atoms with Gasteiger partial charge in [-0.15, -0.1) is 0 Å². The van der Waals surface area contributed by atoms with Crippen LogP contribution in [0.4, 0.5) is 0 Å². The van der Waals surface area contributed by atoms with Gasteiger partial charge >= 0.3 is 0 Å². The molecule has 0 radical (unpaired) electrons. The van der Waals surface area contributed by atoms with Gasteiger partial charge < -0.3 is 18.9 Å². The van der Waals surface area contributed by atoms with Crippen LogP contribution in [-0.2, 0) is 15.9 Å². The summed E-state index contributed by atoms with van der Waals surface area (Å²) in [4.78, 5) is 0. The third kappa shape index (κ3) is 4.48. The largest absolute Gasteiger partial charge is 0.467 e. The summed E-state index contributed by atoms with van der Waals surface area (Å²) in [6, 6.07) is 15.9. The number of benzene rings is 2. The summed E-state index contributed by atoms with van der Waals surface area (Å²) in [6.45, 7) is 0.408. The molecule has 0 N–H and O–H groups in total. The zero-order chi connectivity index (χ0) is 14.9. The summed E-state index contributed by atoms with van der Waals surface area (Å²) in [6.07, 6.45) is 0.722. The molecule has 112 valence electrons. The summed E-state index contributed by atoms with van der Waals surface area (Å²) >= 11 is 0. The van der Waals surface area contributed by atoms with Crippen LogP contribution in [0.15, 0.2) is 48.5 Å². The fraction of sp³-hybridized carbons (Fsp3) is 0.294. The van der Waals surface area contributed by atoms with Crippen molar-refractivity contribution in [1.29, 1.82) is 0 Å². The van der Waals surface area contributed by atoms with Gasteiger partial charge in [0.25, 0.3) is 0 Å². The smallest absolute Gasteiger partial charge is 0.188 e. The Balaban J connectivity index is 2.28. The third-order valence-corrected chi connectivity index (χ3v) is 2.98. The van der Waals surface area contributed by atoms with Crippen LogP contribution in [0.1, 0.15) is 11.1 Å². The Hall–Kier alpha value is -2.04. The molecule has 0 aliphatic carbocycles. The Bertz CT molecular complexity index is 513. The minimum atomic E-state index is 0.204. The number of methoxy groups -OCH3 is 2. The first-order valence-electron chi connectivity index (χ1n) is 6.74. The first-order chi connectivity index (χ1) is 10.3. The van der Waals surface area contributed by atoms with E-state index in [1.807, 2.05) is 36.4 Å². The van der Waals surface area contributed by atoms with Gasteiger partial charge in [-0.25, -0.2) is 0 Å². The standard InChI is InChI=1S/C17H20O4/c1-18-12-20-16-9-6-10-17(21-13-19-2)15(16)11-14-7-4-3-5-8-14/h3-10H,11-13H2,1-2H3. The van der Waals surface area contributed by atoms with E-state index in [2.05, 4.69) is 12.1 Å². The maximum Gasteiger partial charge on any atom is 0.188 e. The van der Waals surface area contributed by atoms with Crippen LogP contribution < -0.4 is 9.47 Å². The molecule has 0 saturated carbocycles. The molecule has 0 atom stereocenters. The van der Waals surface area contributed by atoms with Crippen molar-refractivity contribution < 1.29 is 18.9 Å². The van der Waals surface area contributed by atoms with E-state index < -0.39 is 0 Å². The zero-order valence-corrected chi connectivity index (χ0v) is 12.4. The highest BCUT2D eigenvalue weighted by molar-refractivity contribution is 5.47. The van der Waals surface area contributed by atoms with Crippen molar-refractivity contribution in [3.63, 3.8) is 0 Å². The minimum Gasteiger partial charge on any atom is -0.467 e. The number of rotatable bonds is 8. The highest BCUT2D eigenvalue weighted by atomic mass is 16.7. The third-order valence-electron chi connectivity index (χ3n) is 2.98. The van der Waals surface area contributed by atoms with Gasteiger partial charge in [0.05, 0.1) is 0 Å².